The Hall–Kier alpha value is -1.69. The van der Waals surface area contributed by atoms with Crippen LogP contribution in [0, 0.1) is 0 Å². The summed E-state index contributed by atoms with van der Waals surface area (Å²) in [6.45, 7) is 6.23. The zero-order valence-electron chi connectivity index (χ0n) is 13.0. The van der Waals surface area contributed by atoms with E-state index in [0.717, 1.165) is 55.3 Å². The molecule has 0 saturated carbocycles. The molecule has 6 nitrogen and oxygen atoms in total. The van der Waals surface area contributed by atoms with Gasteiger partial charge in [0.25, 0.3) is 0 Å². The number of fused-ring (bicyclic) bond motifs is 1. The van der Waals surface area contributed by atoms with Gasteiger partial charge in [-0.1, -0.05) is 13.3 Å². The largest absolute Gasteiger partial charge is 0.369 e. The Kier molecular flexibility index (Phi) is 4.34. The first-order valence-electron chi connectivity index (χ1n) is 7.93. The summed E-state index contributed by atoms with van der Waals surface area (Å²) in [6, 6.07) is 0. The van der Waals surface area contributed by atoms with Crippen molar-refractivity contribution >= 4 is 16.9 Å². The maximum Gasteiger partial charge on any atom is 0.163 e. The number of hydrogen-bond donors (Lipinski definition) is 1. The van der Waals surface area contributed by atoms with E-state index in [1.165, 1.54) is 19.3 Å². The topological polar surface area (TPSA) is 58.9 Å². The molecule has 6 heteroatoms. The Bertz CT molecular complexity index is 599. The maximum atomic E-state index is 4.73. The number of piperidine rings is 1. The van der Waals surface area contributed by atoms with Crippen molar-refractivity contribution in [1.29, 1.82) is 0 Å². The highest BCUT2D eigenvalue weighted by Crippen LogP contribution is 2.20. The summed E-state index contributed by atoms with van der Waals surface area (Å²) >= 11 is 0. The molecule has 0 spiro atoms. The van der Waals surface area contributed by atoms with Crippen molar-refractivity contribution in [1.82, 2.24) is 24.6 Å². The van der Waals surface area contributed by atoms with Gasteiger partial charge in [-0.15, -0.1) is 0 Å². The smallest absolute Gasteiger partial charge is 0.163 e. The van der Waals surface area contributed by atoms with E-state index in [9.17, 15) is 0 Å². The Balaban J connectivity index is 1.88. The van der Waals surface area contributed by atoms with Crippen molar-refractivity contribution in [3.05, 3.63) is 12.0 Å². The van der Waals surface area contributed by atoms with Gasteiger partial charge in [-0.2, -0.15) is 5.10 Å². The first-order valence-corrected chi connectivity index (χ1v) is 7.93. The molecule has 21 heavy (non-hydrogen) atoms. The van der Waals surface area contributed by atoms with E-state index in [0.29, 0.717) is 0 Å². The molecule has 0 aliphatic carbocycles. The summed E-state index contributed by atoms with van der Waals surface area (Å²) in [7, 11) is 1.93. The standard InChI is InChI=1S/C15H24N6/c1-3-7-16-14-12-10-17-20(2)15(12)19-13(18-14)11-21-8-5-4-6-9-21/h10H,3-9,11H2,1-2H3,(H,16,18,19). The van der Waals surface area contributed by atoms with E-state index in [4.69, 9.17) is 9.97 Å². The quantitative estimate of drug-likeness (QED) is 0.913. The Morgan fingerprint density at radius 2 is 2.00 bits per heavy atom. The van der Waals surface area contributed by atoms with Crippen molar-refractivity contribution in [2.75, 3.05) is 25.0 Å². The average Bonchev–Trinajstić information content (AvgIpc) is 2.88. The molecule has 0 unspecified atom stereocenters. The maximum absolute atomic E-state index is 4.73. The highest BCUT2D eigenvalue weighted by molar-refractivity contribution is 5.86. The number of likely N-dealkylation sites (tertiary alicyclic amines) is 1. The molecule has 1 saturated heterocycles. The lowest BCUT2D eigenvalue weighted by Crippen LogP contribution is -2.30. The van der Waals surface area contributed by atoms with Crippen LogP contribution in [-0.4, -0.2) is 44.3 Å². The molecular formula is C15H24N6. The van der Waals surface area contributed by atoms with Crippen LogP contribution < -0.4 is 5.32 Å². The van der Waals surface area contributed by atoms with Gasteiger partial charge in [0.2, 0.25) is 0 Å². The number of aryl methyl sites for hydroxylation is 1. The minimum absolute atomic E-state index is 0.835. The van der Waals surface area contributed by atoms with Crippen molar-refractivity contribution in [2.24, 2.45) is 7.05 Å². The third-order valence-corrected chi connectivity index (χ3v) is 3.99. The number of nitrogens with zero attached hydrogens (tertiary/aromatic N) is 5. The number of aromatic nitrogens is 4. The zero-order chi connectivity index (χ0) is 14.7. The first kappa shape index (κ1) is 14.3. The van der Waals surface area contributed by atoms with E-state index in [1.807, 2.05) is 17.9 Å². The lowest BCUT2D eigenvalue weighted by Gasteiger charge is -2.25. The number of anilines is 1. The molecule has 1 fully saturated rings. The SMILES string of the molecule is CCCNc1nc(CN2CCCCC2)nc2c1cnn2C. The van der Waals surface area contributed by atoms with Gasteiger partial charge in [-0.05, 0) is 32.4 Å². The fourth-order valence-electron chi connectivity index (χ4n) is 2.83. The molecule has 0 atom stereocenters. The zero-order valence-corrected chi connectivity index (χ0v) is 13.0. The van der Waals surface area contributed by atoms with E-state index in [1.54, 1.807) is 0 Å². The van der Waals surface area contributed by atoms with Crippen molar-refractivity contribution in [2.45, 2.75) is 39.2 Å². The van der Waals surface area contributed by atoms with E-state index in [-0.39, 0.29) is 0 Å². The third-order valence-electron chi connectivity index (χ3n) is 3.99. The van der Waals surface area contributed by atoms with Gasteiger partial charge in [0.05, 0.1) is 18.1 Å². The second-order valence-electron chi connectivity index (χ2n) is 5.76. The minimum atomic E-state index is 0.835. The van der Waals surface area contributed by atoms with Crippen LogP contribution in [0.15, 0.2) is 6.20 Å². The predicted molar refractivity (Wildman–Crippen MR) is 84.2 cm³/mol. The van der Waals surface area contributed by atoms with Gasteiger partial charge in [0.15, 0.2) is 5.65 Å². The molecular weight excluding hydrogens is 264 g/mol. The lowest BCUT2D eigenvalue weighted by atomic mass is 10.1. The number of rotatable bonds is 5. The van der Waals surface area contributed by atoms with Crippen LogP contribution in [-0.2, 0) is 13.6 Å². The molecule has 0 amide bonds. The molecule has 3 heterocycles. The van der Waals surface area contributed by atoms with Crippen LogP contribution >= 0.6 is 0 Å². The van der Waals surface area contributed by atoms with Crippen LogP contribution in [0.1, 0.15) is 38.4 Å². The molecule has 0 aromatic carbocycles. The second kappa shape index (κ2) is 6.39. The fourth-order valence-corrected chi connectivity index (χ4v) is 2.83. The summed E-state index contributed by atoms with van der Waals surface area (Å²) in [5, 5.41) is 8.73. The van der Waals surface area contributed by atoms with Gasteiger partial charge in [0, 0.05) is 13.6 Å². The van der Waals surface area contributed by atoms with Gasteiger partial charge >= 0.3 is 0 Å². The monoisotopic (exact) mass is 288 g/mol. The molecule has 1 aliphatic rings. The molecule has 3 rings (SSSR count). The average molecular weight is 288 g/mol. The van der Waals surface area contributed by atoms with Crippen LogP contribution in [0.2, 0.25) is 0 Å². The van der Waals surface area contributed by atoms with Crippen LogP contribution in [0.3, 0.4) is 0 Å². The van der Waals surface area contributed by atoms with Gasteiger partial charge < -0.3 is 5.32 Å². The van der Waals surface area contributed by atoms with Crippen LogP contribution in [0.25, 0.3) is 11.0 Å². The number of hydrogen-bond acceptors (Lipinski definition) is 5. The summed E-state index contributed by atoms with van der Waals surface area (Å²) in [4.78, 5) is 11.9. The van der Waals surface area contributed by atoms with Crippen LogP contribution in [0.5, 0.6) is 0 Å². The van der Waals surface area contributed by atoms with Crippen molar-refractivity contribution < 1.29 is 0 Å². The Morgan fingerprint density at radius 3 is 2.76 bits per heavy atom. The highest BCUT2D eigenvalue weighted by Gasteiger charge is 2.15. The van der Waals surface area contributed by atoms with E-state index < -0.39 is 0 Å². The third kappa shape index (κ3) is 3.15. The fraction of sp³-hybridized carbons (Fsp3) is 0.667. The predicted octanol–water partition coefficient (Wildman–Crippen LogP) is 2.17. The molecule has 1 aliphatic heterocycles. The summed E-state index contributed by atoms with van der Waals surface area (Å²) in [5.41, 5.74) is 0.913. The summed E-state index contributed by atoms with van der Waals surface area (Å²) < 4.78 is 1.83. The van der Waals surface area contributed by atoms with Gasteiger partial charge in [0.1, 0.15) is 11.6 Å². The summed E-state index contributed by atoms with van der Waals surface area (Å²) in [5.74, 6) is 1.81. The lowest BCUT2D eigenvalue weighted by molar-refractivity contribution is 0.216. The van der Waals surface area contributed by atoms with Crippen molar-refractivity contribution in [3.63, 3.8) is 0 Å². The van der Waals surface area contributed by atoms with Crippen LogP contribution in [0.4, 0.5) is 5.82 Å². The second-order valence-corrected chi connectivity index (χ2v) is 5.76. The number of nitrogens with one attached hydrogen (secondary N) is 1. The normalized spacial score (nSPS) is 16.5. The Morgan fingerprint density at radius 1 is 1.19 bits per heavy atom. The van der Waals surface area contributed by atoms with E-state index in [2.05, 4.69) is 22.2 Å². The minimum Gasteiger partial charge on any atom is -0.369 e. The molecule has 1 N–H and O–H groups in total. The van der Waals surface area contributed by atoms with Crippen molar-refractivity contribution in [3.8, 4) is 0 Å². The molecule has 0 radical (unpaired) electrons. The summed E-state index contributed by atoms with van der Waals surface area (Å²) in [6.07, 6.45) is 6.84. The van der Waals surface area contributed by atoms with Gasteiger partial charge in [-0.25, -0.2) is 9.97 Å². The molecule has 114 valence electrons. The van der Waals surface area contributed by atoms with Gasteiger partial charge in [-0.3, -0.25) is 9.58 Å². The first-order chi connectivity index (χ1) is 10.3. The molecule has 2 aromatic rings. The Labute approximate surface area is 125 Å². The molecule has 0 bridgehead atoms. The van der Waals surface area contributed by atoms with E-state index >= 15 is 0 Å². The highest BCUT2D eigenvalue weighted by atomic mass is 15.3. The molecule has 2 aromatic heterocycles.